The largest absolute Gasteiger partial charge is 0.365 e. The summed E-state index contributed by atoms with van der Waals surface area (Å²) in [5, 5.41) is 4.41. The van der Waals surface area contributed by atoms with Crippen LogP contribution in [0.2, 0.25) is 0 Å². The predicted molar refractivity (Wildman–Crippen MR) is 152 cm³/mol. The Bertz CT molecular complexity index is 1310. The lowest BCUT2D eigenvalue weighted by atomic mass is 9.64. The number of carbonyl (C=O) groups is 2. The van der Waals surface area contributed by atoms with Gasteiger partial charge in [0.05, 0.1) is 16.7 Å². The molecular formula is C32H33BrN2O3. The van der Waals surface area contributed by atoms with Crippen LogP contribution in [-0.2, 0) is 22.7 Å². The molecule has 0 N–H and O–H groups in total. The summed E-state index contributed by atoms with van der Waals surface area (Å²) in [5.74, 6) is -0.354. The molecule has 5 nitrogen and oxygen atoms in total. The highest BCUT2D eigenvalue weighted by atomic mass is 79.9. The molecule has 6 heteroatoms. The van der Waals surface area contributed by atoms with Crippen molar-refractivity contribution in [1.82, 2.24) is 4.90 Å². The second-order valence-corrected chi connectivity index (χ2v) is 12.2. The summed E-state index contributed by atoms with van der Waals surface area (Å²) in [5.41, 5.74) is 2.12. The van der Waals surface area contributed by atoms with Crippen LogP contribution in [0.4, 0.5) is 0 Å². The third kappa shape index (κ3) is 4.49. The molecule has 2 unspecified atom stereocenters. The van der Waals surface area contributed by atoms with Crippen LogP contribution in [0.5, 0.6) is 0 Å². The molecular weight excluding hydrogens is 540 g/mol. The van der Waals surface area contributed by atoms with Crippen LogP contribution in [0.15, 0.2) is 94.6 Å². The molecule has 0 saturated heterocycles. The minimum atomic E-state index is -0.617. The van der Waals surface area contributed by atoms with Crippen molar-refractivity contribution in [1.29, 1.82) is 0 Å². The van der Waals surface area contributed by atoms with Crippen molar-refractivity contribution in [3.8, 4) is 0 Å². The zero-order chi connectivity index (χ0) is 27.0. The SMILES string of the molecule is CC12CCC(C(=O)N(Cc3ccccc3)Cc3ccccc3)(CC1=NOC(=O)c1ccc(Br)cc1)C2(C)C. The van der Waals surface area contributed by atoms with E-state index in [0.29, 0.717) is 25.1 Å². The second kappa shape index (κ2) is 10.1. The maximum atomic E-state index is 14.6. The molecule has 2 aliphatic carbocycles. The fraction of sp³-hybridized carbons (Fsp3) is 0.344. The maximum absolute atomic E-state index is 14.6. The number of benzene rings is 3. The van der Waals surface area contributed by atoms with Gasteiger partial charge in [0, 0.05) is 29.4 Å². The molecule has 2 bridgehead atoms. The summed E-state index contributed by atoms with van der Waals surface area (Å²) in [6.45, 7) is 7.60. The molecule has 2 fully saturated rings. The molecule has 0 spiro atoms. The van der Waals surface area contributed by atoms with Crippen LogP contribution >= 0.6 is 15.9 Å². The third-order valence-electron chi connectivity index (χ3n) is 9.18. The van der Waals surface area contributed by atoms with Crippen LogP contribution in [-0.4, -0.2) is 22.5 Å². The molecule has 0 aromatic heterocycles. The van der Waals surface area contributed by atoms with Gasteiger partial charge in [-0.3, -0.25) is 4.79 Å². The molecule has 2 aliphatic rings. The molecule has 3 aromatic rings. The van der Waals surface area contributed by atoms with Crippen molar-refractivity contribution >= 4 is 33.5 Å². The zero-order valence-electron chi connectivity index (χ0n) is 22.1. The summed E-state index contributed by atoms with van der Waals surface area (Å²) in [7, 11) is 0. The topological polar surface area (TPSA) is 59.0 Å². The molecule has 3 aromatic carbocycles. The van der Waals surface area contributed by atoms with Gasteiger partial charge in [0.15, 0.2) is 0 Å². The number of hydrogen-bond donors (Lipinski definition) is 0. The lowest BCUT2D eigenvalue weighted by Gasteiger charge is -2.42. The average Bonchev–Trinajstić information content (AvgIpc) is 3.23. The van der Waals surface area contributed by atoms with Crippen LogP contribution in [0.3, 0.4) is 0 Å². The molecule has 1 amide bonds. The van der Waals surface area contributed by atoms with Gasteiger partial charge in [-0.05, 0) is 53.6 Å². The number of hydrogen-bond acceptors (Lipinski definition) is 4. The van der Waals surface area contributed by atoms with E-state index in [0.717, 1.165) is 34.2 Å². The van der Waals surface area contributed by atoms with Crippen molar-refractivity contribution in [2.45, 2.75) is 53.1 Å². The van der Waals surface area contributed by atoms with Gasteiger partial charge >= 0.3 is 5.97 Å². The predicted octanol–water partition coefficient (Wildman–Crippen LogP) is 7.41. The van der Waals surface area contributed by atoms with Crippen LogP contribution in [0.1, 0.15) is 61.5 Å². The summed E-state index contributed by atoms with van der Waals surface area (Å²) >= 11 is 3.39. The molecule has 5 rings (SSSR count). The average molecular weight is 574 g/mol. The van der Waals surface area contributed by atoms with E-state index in [2.05, 4.69) is 66.1 Å². The lowest BCUT2D eigenvalue weighted by Crippen LogP contribution is -2.48. The lowest BCUT2D eigenvalue weighted by molar-refractivity contribution is -0.148. The Morgan fingerprint density at radius 2 is 1.39 bits per heavy atom. The minimum absolute atomic E-state index is 0.142. The van der Waals surface area contributed by atoms with Gasteiger partial charge < -0.3 is 9.74 Å². The summed E-state index contributed by atoms with van der Waals surface area (Å²) in [6, 6.07) is 27.3. The van der Waals surface area contributed by atoms with Crippen LogP contribution < -0.4 is 0 Å². The molecule has 2 atom stereocenters. The maximum Gasteiger partial charge on any atom is 0.365 e. The van der Waals surface area contributed by atoms with Gasteiger partial charge in [-0.15, -0.1) is 0 Å². The number of halogens is 1. The monoisotopic (exact) mass is 572 g/mol. The molecule has 0 heterocycles. The van der Waals surface area contributed by atoms with E-state index in [1.54, 1.807) is 24.3 Å². The van der Waals surface area contributed by atoms with E-state index in [1.807, 2.05) is 41.3 Å². The zero-order valence-corrected chi connectivity index (χ0v) is 23.7. The van der Waals surface area contributed by atoms with E-state index in [1.165, 1.54) is 0 Å². The number of fused-ring (bicyclic) bond motifs is 2. The Balaban J connectivity index is 1.44. The number of amides is 1. The van der Waals surface area contributed by atoms with Gasteiger partial charge in [-0.2, -0.15) is 0 Å². The number of oxime groups is 1. The molecule has 0 aliphatic heterocycles. The van der Waals surface area contributed by atoms with Gasteiger partial charge in [0.2, 0.25) is 5.91 Å². The number of nitrogens with zero attached hydrogens (tertiary/aromatic N) is 2. The minimum Gasteiger partial charge on any atom is -0.334 e. The summed E-state index contributed by atoms with van der Waals surface area (Å²) in [4.78, 5) is 34.7. The Hall–Kier alpha value is -3.25. The van der Waals surface area contributed by atoms with Crippen molar-refractivity contribution in [3.05, 3.63) is 106 Å². The van der Waals surface area contributed by atoms with Crippen molar-refractivity contribution in [3.63, 3.8) is 0 Å². The number of carbonyl (C=O) groups excluding carboxylic acids is 2. The van der Waals surface area contributed by atoms with Gasteiger partial charge in [0.25, 0.3) is 0 Å². The Kier molecular flexibility index (Phi) is 7.03. The van der Waals surface area contributed by atoms with E-state index in [4.69, 9.17) is 4.84 Å². The van der Waals surface area contributed by atoms with E-state index >= 15 is 0 Å². The molecule has 196 valence electrons. The Morgan fingerprint density at radius 3 is 1.95 bits per heavy atom. The highest BCUT2D eigenvalue weighted by molar-refractivity contribution is 9.10. The van der Waals surface area contributed by atoms with Gasteiger partial charge in [-0.1, -0.05) is 103 Å². The Morgan fingerprint density at radius 1 is 0.842 bits per heavy atom. The highest BCUT2D eigenvalue weighted by Gasteiger charge is 2.72. The second-order valence-electron chi connectivity index (χ2n) is 11.3. The molecule has 2 saturated carbocycles. The molecule has 0 radical (unpaired) electrons. The van der Waals surface area contributed by atoms with E-state index in [-0.39, 0.29) is 16.7 Å². The smallest absolute Gasteiger partial charge is 0.334 e. The quantitative estimate of drug-likeness (QED) is 0.219. The first-order chi connectivity index (χ1) is 18.2. The van der Waals surface area contributed by atoms with Gasteiger partial charge in [0.1, 0.15) is 0 Å². The van der Waals surface area contributed by atoms with E-state index < -0.39 is 11.4 Å². The standard InChI is InChI=1S/C32H33BrN2O3/c1-30(2)31(3)18-19-32(30,20-27(31)34-38-28(36)25-14-16-26(33)17-15-25)29(37)35(21-23-10-6-4-7-11-23)22-24-12-8-5-9-13-24/h4-17H,18-22H2,1-3H3. The highest BCUT2D eigenvalue weighted by Crippen LogP contribution is 2.71. The fourth-order valence-electron chi connectivity index (χ4n) is 6.34. The first-order valence-electron chi connectivity index (χ1n) is 13.1. The number of rotatable bonds is 7. The summed E-state index contributed by atoms with van der Waals surface area (Å²) in [6.07, 6.45) is 2.10. The van der Waals surface area contributed by atoms with Crippen molar-refractivity contribution in [2.24, 2.45) is 21.4 Å². The van der Waals surface area contributed by atoms with Crippen molar-refractivity contribution < 1.29 is 14.4 Å². The normalized spacial score (nSPS) is 24.4. The van der Waals surface area contributed by atoms with Crippen LogP contribution in [0.25, 0.3) is 0 Å². The Labute approximate surface area is 233 Å². The first kappa shape index (κ1) is 26.4. The first-order valence-corrected chi connectivity index (χ1v) is 13.9. The van der Waals surface area contributed by atoms with Crippen LogP contribution in [0, 0.1) is 16.2 Å². The summed E-state index contributed by atoms with van der Waals surface area (Å²) < 4.78 is 0.888. The third-order valence-corrected chi connectivity index (χ3v) is 9.71. The van der Waals surface area contributed by atoms with Crippen molar-refractivity contribution in [2.75, 3.05) is 0 Å². The van der Waals surface area contributed by atoms with E-state index in [9.17, 15) is 9.59 Å². The fourth-order valence-corrected chi connectivity index (χ4v) is 6.60. The molecule has 38 heavy (non-hydrogen) atoms. The van der Waals surface area contributed by atoms with Gasteiger partial charge in [-0.25, -0.2) is 4.79 Å².